The highest BCUT2D eigenvalue weighted by Gasteiger charge is 2.36. The smallest absolute Gasteiger partial charge is 0.0333 e. The Morgan fingerprint density at radius 3 is 2.50 bits per heavy atom. The van der Waals surface area contributed by atoms with E-state index >= 15 is 0 Å². The third-order valence-corrected chi connectivity index (χ3v) is 3.70. The van der Waals surface area contributed by atoms with E-state index in [2.05, 4.69) is 29.4 Å². The van der Waals surface area contributed by atoms with E-state index in [1.165, 1.54) is 39.0 Å². The van der Waals surface area contributed by atoms with Gasteiger partial charge in [0.2, 0.25) is 0 Å². The van der Waals surface area contributed by atoms with Crippen LogP contribution in [0.2, 0.25) is 0 Å². The van der Waals surface area contributed by atoms with Gasteiger partial charge in [-0.05, 0) is 39.8 Å². The lowest BCUT2D eigenvalue weighted by Crippen LogP contribution is -2.64. The van der Waals surface area contributed by atoms with Gasteiger partial charge in [-0.3, -0.25) is 4.90 Å². The van der Waals surface area contributed by atoms with Crippen molar-refractivity contribution in [1.82, 2.24) is 15.5 Å². The van der Waals surface area contributed by atoms with Crippen LogP contribution in [0.4, 0.5) is 0 Å². The molecule has 14 heavy (non-hydrogen) atoms. The second-order valence-electron chi connectivity index (χ2n) is 5.02. The molecule has 0 aromatic carbocycles. The number of hydrogen-bond acceptors (Lipinski definition) is 3. The van der Waals surface area contributed by atoms with Crippen LogP contribution in [0.1, 0.15) is 26.7 Å². The molecule has 1 spiro atoms. The van der Waals surface area contributed by atoms with Crippen LogP contribution in [-0.2, 0) is 0 Å². The average molecular weight is 197 g/mol. The maximum atomic E-state index is 3.74. The molecule has 2 aliphatic rings. The average Bonchev–Trinajstić information content (AvgIpc) is 2.19. The zero-order chi connectivity index (χ0) is 10.0. The summed E-state index contributed by atoms with van der Waals surface area (Å²) >= 11 is 0. The quantitative estimate of drug-likeness (QED) is 0.638. The van der Waals surface area contributed by atoms with Crippen molar-refractivity contribution in [3.8, 4) is 0 Å². The van der Waals surface area contributed by atoms with Gasteiger partial charge in [0.05, 0.1) is 0 Å². The van der Waals surface area contributed by atoms with Crippen LogP contribution in [-0.4, -0.2) is 49.2 Å². The minimum absolute atomic E-state index is 0.424. The van der Waals surface area contributed by atoms with Crippen molar-refractivity contribution in [2.75, 3.05) is 32.7 Å². The molecule has 0 unspecified atom stereocenters. The highest BCUT2D eigenvalue weighted by atomic mass is 15.2. The number of rotatable bonds is 1. The van der Waals surface area contributed by atoms with Gasteiger partial charge in [0.1, 0.15) is 0 Å². The van der Waals surface area contributed by atoms with Crippen molar-refractivity contribution in [1.29, 1.82) is 0 Å². The molecule has 0 atom stereocenters. The number of nitrogens with one attached hydrogen (secondary N) is 2. The first-order chi connectivity index (χ1) is 6.72. The van der Waals surface area contributed by atoms with Crippen LogP contribution < -0.4 is 10.6 Å². The Labute approximate surface area is 87.2 Å². The molecule has 0 aromatic heterocycles. The third kappa shape index (κ3) is 2.10. The molecule has 0 radical (unpaired) electrons. The fourth-order valence-corrected chi connectivity index (χ4v) is 2.67. The van der Waals surface area contributed by atoms with Gasteiger partial charge < -0.3 is 10.6 Å². The molecular weight excluding hydrogens is 174 g/mol. The fourth-order valence-electron chi connectivity index (χ4n) is 2.67. The Morgan fingerprint density at radius 1 is 1.14 bits per heavy atom. The van der Waals surface area contributed by atoms with E-state index in [1.54, 1.807) is 0 Å². The van der Waals surface area contributed by atoms with E-state index < -0.39 is 0 Å². The van der Waals surface area contributed by atoms with Crippen LogP contribution >= 0.6 is 0 Å². The van der Waals surface area contributed by atoms with E-state index in [9.17, 15) is 0 Å². The SMILES string of the molecule is CC(C)N1CCNC2(CCNCC2)C1. The van der Waals surface area contributed by atoms with Crippen molar-refractivity contribution in [2.45, 2.75) is 38.3 Å². The zero-order valence-electron chi connectivity index (χ0n) is 9.47. The molecule has 3 nitrogen and oxygen atoms in total. The van der Waals surface area contributed by atoms with Crippen LogP contribution in [0.15, 0.2) is 0 Å². The van der Waals surface area contributed by atoms with Crippen molar-refractivity contribution in [3.63, 3.8) is 0 Å². The van der Waals surface area contributed by atoms with E-state index in [0.717, 1.165) is 6.54 Å². The van der Waals surface area contributed by atoms with Gasteiger partial charge in [-0.25, -0.2) is 0 Å². The standard InChI is InChI=1S/C11H23N3/c1-10(2)14-8-7-13-11(9-14)3-5-12-6-4-11/h10,12-13H,3-9H2,1-2H3. The minimum Gasteiger partial charge on any atom is -0.317 e. The second-order valence-corrected chi connectivity index (χ2v) is 5.02. The number of piperazine rings is 1. The number of hydrogen-bond donors (Lipinski definition) is 2. The summed E-state index contributed by atoms with van der Waals surface area (Å²) in [6, 6.07) is 0.698. The van der Waals surface area contributed by atoms with Gasteiger partial charge in [0.25, 0.3) is 0 Å². The zero-order valence-corrected chi connectivity index (χ0v) is 9.47. The summed E-state index contributed by atoms with van der Waals surface area (Å²) in [4.78, 5) is 2.61. The van der Waals surface area contributed by atoms with Crippen LogP contribution in [0.5, 0.6) is 0 Å². The van der Waals surface area contributed by atoms with Crippen LogP contribution in [0.25, 0.3) is 0 Å². The van der Waals surface area contributed by atoms with Crippen LogP contribution in [0, 0.1) is 0 Å². The van der Waals surface area contributed by atoms with Gasteiger partial charge in [0, 0.05) is 31.2 Å². The van der Waals surface area contributed by atoms with Gasteiger partial charge in [0.15, 0.2) is 0 Å². The number of nitrogens with zero attached hydrogens (tertiary/aromatic N) is 1. The molecule has 82 valence electrons. The Hall–Kier alpha value is -0.120. The molecule has 2 rings (SSSR count). The normalized spacial score (nSPS) is 28.5. The Morgan fingerprint density at radius 2 is 1.86 bits per heavy atom. The van der Waals surface area contributed by atoms with E-state index in [-0.39, 0.29) is 0 Å². The summed E-state index contributed by atoms with van der Waals surface area (Å²) in [5.41, 5.74) is 0.424. The molecule has 2 heterocycles. The summed E-state index contributed by atoms with van der Waals surface area (Å²) in [7, 11) is 0. The van der Waals surface area contributed by atoms with Gasteiger partial charge >= 0.3 is 0 Å². The summed E-state index contributed by atoms with van der Waals surface area (Å²) in [5, 5.41) is 7.18. The van der Waals surface area contributed by atoms with Crippen molar-refractivity contribution in [3.05, 3.63) is 0 Å². The highest BCUT2D eigenvalue weighted by molar-refractivity contribution is 4.98. The van der Waals surface area contributed by atoms with Crippen molar-refractivity contribution >= 4 is 0 Å². The molecule has 2 saturated heterocycles. The van der Waals surface area contributed by atoms with Crippen LogP contribution in [0.3, 0.4) is 0 Å². The second kappa shape index (κ2) is 4.17. The molecule has 0 bridgehead atoms. The first-order valence-corrected chi connectivity index (χ1v) is 5.92. The highest BCUT2D eigenvalue weighted by Crippen LogP contribution is 2.23. The van der Waals surface area contributed by atoms with Gasteiger partial charge in [-0.1, -0.05) is 0 Å². The summed E-state index contributed by atoms with van der Waals surface area (Å²) in [5.74, 6) is 0. The third-order valence-electron chi connectivity index (χ3n) is 3.70. The molecule has 0 aliphatic carbocycles. The molecule has 2 aliphatic heterocycles. The van der Waals surface area contributed by atoms with Crippen molar-refractivity contribution < 1.29 is 0 Å². The molecule has 0 amide bonds. The molecule has 0 aromatic rings. The minimum atomic E-state index is 0.424. The summed E-state index contributed by atoms with van der Waals surface area (Å²) in [6.45, 7) is 10.6. The van der Waals surface area contributed by atoms with E-state index in [0.29, 0.717) is 11.6 Å². The fraction of sp³-hybridized carbons (Fsp3) is 1.00. The Bertz CT molecular complexity index is 179. The Kier molecular flexibility index (Phi) is 3.10. The maximum absolute atomic E-state index is 3.74. The molecule has 0 saturated carbocycles. The van der Waals surface area contributed by atoms with Gasteiger partial charge in [-0.2, -0.15) is 0 Å². The topological polar surface area (TPSA) is 27.3 Å². The van der Waals surface area contributed by atoms with Gasteiger partial charge in [-0.15, -0.1) is 0 Å². The Balaban J connectivity index is 1.97. The summed E-state index contributed by atoms with van der Waals surface area (Å²) in [6.07, 6.45) is 2.58. The first-order valence-electron chi connectivity index (χ1n) is 5.92. The summed E-state index contributed by atoms with van der Waals surface area (Å²) < 4.78 is 0. The predicted molar refractivity (Wildman–Crippen MR) is 59.5 cm³/mol. The first kappa shape index (κ1) is 10.4. The maximum Gasteiger partial charge on any atom is 0.0333 e. The predicted octanol–water partition coefficient (Wildman–Crippen LogP) is 0.422. The number of piperidine rings is 1. The lowest BCUT2D eigenvalue weighted by molar-refractivity contribution is 0.0830. The monoisotopic (exact) mass is 197 g/mol. The largest absolute Gasteiger partial charge is 0.317 e. The molecular formula is C11H23N3. The lowest BCUT2D eigenvalue weighted by atomic mass is 9.86. The lowest BCUT2D eigenvalue weighted by Gasteiger charge is -2.47. The van der Waals surface area contributed by atoms with E-state index in [4.69, 9.17) is 0 Å². The molecule has 3 heteroatoms. The van der Waals surface area contributed by atoms with Crippen molar-refractivity contribution in [2.24, 2.45) is 0 Å². The molecule has 2 N–H and O–H groups in total. The molecule has 2 fully saturated rings. The van der Waals surface area contributed by atoms with E-state index in [1.807, 2.05) is 0 Å².